The number of carbonyl (C=O) groups excluding carboxylic acids is 1. The molecule has 3 N–H and O–H groups in total. The van der Waals surface area contributed by atoms with Gasteiger partial charge >= 0.3 is 0 Å². The minimum Gasteiger partial charge on any atom is -0.388 e. The summed E-state index contributed by atoms with van der Waals surface area (Å²) in [5, 5.41) is 5.87. The van der Waals surface area contributed by atoms with Gasteiger partial charge in [0, 0.05) is 30.7 Å². The molecule has 0 aliphatic carbocycles. The van der Waals surface area contributed by atoms with Crippen LogP contribution in [0, 0.1) is 6.92 Å². The summed E-state index contributed by atoms with van der Waals surface area (Å²) >= 11 is 0. The van der Waals surface area contributed by atoms with Crippen molar-refractivity contribution in [1.29, 1.82) is 0 Å². The standard InChI is InChI=1S/C13H16N4O/c1-9-7-10(14-2)3-4-11(9)13(18)17-8-12-15-5-6-16-12/h3-7,14H,8H2,1-2H3,(H,15,16)(H,17,18). The molecule has 1 amide bonds. The Morgan fingerprint density at radius 2 is 2.28 bits per heavy atom. The van der Waals surface area contributed by atoms with Gasteiger partial charge in [0.25, 0.3) is 5.91 Å². The minimum atomic E-state index is -0.0912. The zero-order valence-corrected chi connectivity index (χ0v) is 10.4. The third-order valence-corrected chi connectivity index (χ3v) is 2.73. The minimum absolute atomic E-state index is 0.0912. The lowest BCUT2D eigenvalue weighted by Gasteiger charge is -2.08. The van der Waals surface area contributed by atoms with E-state index < -0.39 is 0 Å². The maximum atomic E-state index is 12.0. The molecule has 2 rings (SSSR count). The van der Waals surface area contributed by atoms with E-state index in [0.29, 0.717) is 12.1 Å². The molecule has 0 unspecified atom stereocenters. The molecular formula is C13H16N4O. The summed E-state index contributed by atoms with van der Waals surface area (Å²) in [6, 6.07) is 5.65. The van der Waals surface area contributed by atoms with Gasteiger partial charge in [0.2, 0.25) is 0 Å². The number of H-pyrrole nitrogens is 1. The van der Waals surface area contributed by atoms with Crippen LogP contribution in [0.5, 0.6) is 0 Å². The van der Waals surface area contributed by atoms with Crippen LogP contribution in [-0.4, -0.2) is 22.9 Å². The molecule has 1 aromatic heterocycles. The van der Waals surface area contributed by atoms with Crippen LogP contribution < -0.4 is 10.6 Å². The summed E-state index contributed by atoms with van der Waals surface area (Å²) in [6.45, 7) is 2.32. The topological polar surface area (TPSA) is 69.8 Å². The maximum Gasteiger partial charge on any atom is 0.251 e. The Labute approximate surface area is 106 Å². The molecule has 0 saturated heterocycles. The molecule has 0 atom stereocenters. The van der Waals surface area contributed by atoms with Gasteiger partial charge in [-0.05, 0) is 30.7 Å². The fourth-order valence-electron chi connectivity index (χ4n) is 1.73. The van der Waals surface area contributed by atoms with E-state index in [1.165, 1.54) is 0 Å². The van der Waals surface area contributed by atoms with Crippen LogP contribution in [0.25, 0.3) is 0 Å². The van der Waals surface area contributed by atoms with Crippen molar-refractivity contribution in [3.05, 3.63) is 47.5 Å². The second-order valence-corrected chi connectivity index (χ2v) is 4.00. The molecule has 0 aliphatic heterocycles. The highest BCUT2D eigenvalue weighted by molar-refractivity contribution is 5.95. The van der Waals surface area contributed by atoms with Crippen molar-refractivity contribution in [3.63, 3.8) is 0 Å². The summed E-state index contributed by atoms with van der Waals surface area (Å²) in [5.74, 6) is 0.652. The lowest BCUT2D eigenvalue weighted by Crippen LogP contribution is -2.24. The summed E-state index contributed by atoms with van der Waals surface area (Å²) in [6.07, 6.45) is 3.39. The van der Waals surface area contributed by atoms with Gasteiger partial charge in [0.15, 0.2) is 0 Å². The average Bonchev–Trinajstić information content (AvgIpc) is 2.88. The fraction of sp³-hybridized carbons (Fsp3) is 0.231. The number of hydrogen-bond acceptors (Lipinski definition) is 3. The van der Waals surface area contributed by atoms with E-state index in [2.05, 4.69) is 20.6 Å². The second kappa shape index (κ2) is 5.35. The van der Waals surface area contributed by atoms with Gasteiger partial charge in [-0.3, -0.25) is 4.79 Å². The molecule has 94 valence electrons. The Kier molecular flexibility index (Phi) is 3.62. The number of hydrogen-bond donors (Lipinski definition) is 3. The van der Waals surface area contributed by atoms with Crippen LogP contribution in [0.3, 0.4) is 0 Å². The van der Waals surface area contributed by atoms with Crippen LogP contribution in [0.1, 0.15) is 21.7 Å². The second-order valence-electron chi connectivity index (χ2n) is 4.00. The molecule has 0 aliphatic rings. The van der Waals surface area contributed by atoms with Gasteiger partial charge in [0.1, 0.15) is 5.82 Å². The Morgan fingerprint density at radius 3 is 2.89 bits per heavy atom. The molecule has 0 spiro atoms. The van der Waals surface area contributed by atoms with Gasteiger partial charge in [-0.15, -0.1) is 0 Å². The van der Waals surface area contributed by atoms with E-state index in [9.17, 15) is 4.79 Å². The average molecular weight is 244 g/mol. The van der Waals surface area contributed by atoms with Crippen molar-refractivity contribution in [2.24, 2.45) is 0 Å². The predicted octanol–water partition coefficient (Wildman–Crippen LogP) is 1.69. The zero-order valence-electron chi connectivity index (χ0n) is 10.4. The van der Waals surface area contributed by atoms with Gasteiger partial charge in [-0.1, -0.05) is 0 Å². The first-order chi connectivity index (χ1) is 8.70. The molecule has 18 heavy (non-hydrogen) atoms. The van der Waals surface area contributed by atoms with Crippen molar-refractivity contribution >= 4 is 11.6 Å². The molecule has 1 aromatic carbocycles. The van der Waals surface area contributed by atoms with Gasteiger partial charge in [-0.25, -0.2) is 4.98 Å². The number of benzene rings is 1. The SMILES string of the molecule is CNc1ccc(C(=O)NCc2ncc[nH]2)c(C)c1. The molecule has 2 aromatic rings. The number of aromatic amines is 1. The number of nitrogens with one attached hydrogen (secondary N) is 3. The number of anilines is 1. The van der Waals surface area contributed by atoms with Crippen LogP contribution in [-0.2, 0) is 6.54 Å². The monoisotopic (exact) mass is 244 g/mol. The third kappa shape index (κ3) is 2.68. The first-order valence-electron chi connectivity index (χ1n) is 5.75. The van der Waals surface area contributed by atoms with E-state index in [1.807, 2.05) is 32.2 Å². The van der Waals surface area contributed by atoms with E-state index in [1.54, 1.807) is 12.4 Å². The Bertz CT molecular complexity index is 534. The third-order valence-electron chi connectivity index (χ3n) is 2.73. The van der Waals surface area contributed by atoms with Gasteiger partial charge in [0.05, 0.1) is 6.54 Å². The largest absolute Gasteiger partial charge is 0.388 e. The van der Waals surface area contributed by atoms with Crippen LogP contribution in [0.4, 0.5) is 5.69 Å². The first kappa shape index (κ1) is 12.2. The number of nitrogens with zero attached hydrogens (tertiary/aromatic N) is 1. The van der Waals surface area contributed by atoms with Gasteiger partial charge in [-0.2, -0.15) is 0 Å². The maximum absolute atomic E-state index is 12.0. The summed E-state index contributed by atoms with van der Waals surface area (Å²) in [5.41, 5.74) is 2.62. The van der Waals surface area contributed by atoms with E-state index in [4.69, 9.17) is 0 Å². The number of aryl methyl sites for hydroxylation is 1. The van der Waals surface area contributed by atoms with Crippen LogP contribution in [0.2, 0.25) is 0 Å². The Morgan fingerprint density at radius 1 is 1.44 bits per heavy atom. The highest BCUT2D eigenvalue weighted by Crippen LogP contribution is 2.14. The molecule has 0 radical (unpaired) electrons. The van der Waals surface area contributed by atoms with E-state index in [0.717, 1.165) is 17.1 Å². The lowest BCUT2D eigenvalue weighted by atomic mass is 10.1. The molecular weight excluding hydrogens is 228 g/mol. The summed E-state index contributed by atoms with van der Waals surface area (Å²) in [4.78, 5) is 19.0. The smallest absolute Gasteiger partial charge is 0.251 e. The van der Waals surface area contributed by atoms with E-state index >= 15 is 0 Å². The predicted molar refractivity (Wildman–Crippen MR) is 70.5 cm³/mol. The summed E-state index contributed by atoms with van der Waals surface area (Å²) in [7, 11) is 1.85. The summed E-state index contributed by atoms with van der Waals surface area (Å²) < 4.78 is 0. The Hall–Kier alpha value is -2.30. The normalized spacial score (nSPS) is 10.1. The Balaban J connectivity index is 2.04. The van der Waals surface area contributed by atoms with Crippen molar-refractivity contribution in [2.45, 2.75) is 13.5 Å². The molecule has 5 heteroatoms. The van der Waals surface area contributed by atoms with Crippen molar-refractivity contribution < 1.29 is 4.79 Å². The van der Waals surface area contributed by atoms with Gasteiger partial charge < -0.3 is 15.6 Å². The number of carbonyl (C=O) groups is 1. The quantitative estimate of drug-likeness (QED) is 0.766. The molecule has 1 heterocycles. The highest BCUT2D eigenvalue weighted by atomic mass is 16.1. The van der Waals surface area contributed by atoms with Crippen molar-refractivity contribution in [3.8, 4) is 0 Å². The highest BCUT2D eigenvalue weighted by Gasteiger charge is 2.09. The molecule has 0 saturated carbocycles. The zero-order chi connectivity index (χ0) is 13.0. The first-order valence-corrected chi connectivity index (χ1v) is 5.75. The fourth-order valence-corrected chi connectivity index (χ4v) is 1.73. The van der Waals surface area contributed by atoms with Crippen LogP contribution >= 0.6 is 0 Å². The molecule has 5 nitrogen and oxygen atoms in total. The number of amides is 1. The molecule has 0 bridgehead atoms. The number of imidazole rings is 1. The van der Waals surface area contributed by atoms with Crippen molar-refractivity contribution in [2.75, 3.05) is 12.4 Å². The van der Waals surface area contributed by atoms with Crippen LogP contribution in [0.15, 0.2) is 30.6 Å². The van der Waals surface area contributed by atoms with E-state index in [-0.39, 0.29) is 5.91 Å². The number of aromatic nitrogens is 2. The van der Waals surface area contributed by atoms with Crippen molar-refractivity contribution in [1.82, 2.24) is 15.3 Å². The molecule has 0 fully saturated rings. The number of rotatable bonds is 4. The lowest BCUT2D eigenvalue weighted by molar-refractivity contribution is 0.0949.